The van der Waals surface area contributed by atoms with Crippen molar-refractivity contribution in [2.45, 2.75) is 38.3 Å². The Hall–Kier alpha value is -3.42. The lowest BCUT2D eigenvalue weighted by Gasteiger charge is -2.20. The van der Waals surface area contributed by atoms with Crippen molar-refractivity contribution >= 4 is 28.8 Å². The minimum atomic E-state index is -0.156. The number of hydrogen-bond acceptors (Lipinski definition) is 6. The third-order valence-electron chi connectivity index (χ3n) is 6.20. The quantitative estimate of drug-likeness (QED) is 0.510. The van der Waals surface area contributed by atoms with E-state index in [0.717, 1.165) is 46.4 Å². The van der Waals surface area contributed by atoms with Crippen LogP contribution in [-0.2, 0) is 4.79 Å². The highest BCUT2D eigenvalue weighted by Crippen LogP contribution is 2.40. The van der Waals surface area contributed by atoms with Gasteiger partial charge in [-0.25, -0.2) is 9.97 Å². The predicted molar refractivity (Wildman–Crippen MR) is 120 cm³/mol. The molecule has 31 heavy (non-hydrogen) atoms. The van der Waals surface area contributed by atoms with Crippen LogP contribution in [0.5, 0.6) is 5.88 Å². The second-order valence-corrected chi connectivity index (χ2v) is 8.35. The number of pyridine rings is 1. The van der Waals surface area contributed by atoms with Crippen molar-refractivity contribution in [1.82, 2.24) is 19.9 Å². The number of rotatable bonds is 7. The van der Waals surface area contributed by atoms with E-state index >= 15 is 0 Å². The van der Waals surface area contributed by atoms with E-state index in [-0.39, 0.29) is 17.9 Å². The lowest BCUT2D eigenvalue weighted by molar-refractivity contribution is -0.119. The molecule has 1 amide bonds. The summed E-state index contributed by atoms with van der Waals surface area (Å²) in [6, 6.07) is 8.30. The molecule has 2 fully saturated rings. The summed E-state index contributed by atoms with van der Waals surface area (Å²) in [6.45, 7) is 2.62. The maximum absolute atomic E-state index is 11.7. The Labute approximate surface area is 180 Å². The first-order valence-corrected chi connectivity index (χ1v) is 10.7. The van der Waals surface area contributed by atoms with Gasteiger partial charge in [-0.3, -0.25) is 4.79 Å². The number of imidazole rings is 1. The number of fused-ring (bicyclic) bond motifs is 1. The molecule has 2 aromatic heterocycles. The van der Waals surface area contributed by atoms with Crippen LogP contribution in [0.3, 0.4) is 0 Å². The van der Waals surface area contributed by atoms with Crippen molar-refractivity contribution < 1.29 is 9.53 Å². The molecule has 160 valence electrons. The van der Waals surface area contributed by atoms with Gasteiger partial charge in [-0.15, -0.1) is 0 Å². The minimum absolute atomic E-state index is 0.0686. The molecule has 1 saturated heterocycles. The Kier molecular flexibility index (Phi) is 4.84. The third kappa shape index (κ3) is 3.62. The first-order valence-electron chi connectivity index (χ1n) is 10.7. The number of carbonyl (C=O) groups excluding carboxylic acids is 1. The Morgan fingerprint density at radius 1 is 1.35 bits per heavy atom. The first-order chi connectivity index (χ1) is 15.1. The van der Waals surface area contributed by atoms with Crippen LogP contribution in [0.2, 0.25) is 0 Å². The summed E-state index contributed by atoms with van der Waals surface area (Å²) >= 11 is 0. The second kappa shape index (κ2) is 7.68. The Balaban J connectivity index is 1.58. The number of ether oxygens (including phenoxy) is 1. The first kappa shape index (κ1) is 19.5. The summed E-state index contributed by atoms with van der Waals surface area (Å²) in [6.07, 6.45) is 5.80. The molecule has 2 atom stereocenters. The molecule has 8 heteroatoms. The van der Waals surface area contributed by atoms with Gasteiger partial charge >= 0.3 is 0 Å². The summed E-state index contributed by atoms with van der Waals surface area (Å²) < 4.78 is 8.55. The SMILES string of the molecule is CNc1ccc(-c2cc3ncn(C4CC4)c3c(OC(C)C3CNC(=O)C3)n2)cc1C=N. The van der Waals surface area contributed by atoms with E-state index < -0.39 is 0 Å². The molecule has 1 aliphatic carbocycles. The summed E-state index contributed by atoms with van der Waals surface area (Å²) in [7, 11) is 1.84. The zero-order valence-electron chi connectivity index (χ0n) is 17.7. The normalized spacial score (nSPS) is 19.3. The molecule has 1 aliphatic heterocycles. The molecule has 1 aromatic carbocycles. The summed E-state index contributed by atoms with van der Waals surface area (Å²) in [5.41, 5.74) is 5.08. The van der Waals surface area contributed by atoms with Gasteiger partial charge in [-0.2, -0.15) is 0 Å². The highest BCUT2D eigenvalue weighted by Gasteiger charge is 2.31. The van der Waals surface area contributed by atoms with Gasteiger partial charge in [-0.1, -0.05) is 6.07 Å². The highest BCUT2D eigenvalue weighted by molar-refractivity contribution is 5.90. The van der Waals surface area contributed by atoms with E-state index in [1.807, 2.05) is 44.6 Å². The van der Waals surface area contributed by atoms with Gasteiger partial charge < -0.3 is 25.3 Å². The fraction of sp³-hybridized carbons (Fsp3) is 0.391. The zero-order chi connectivity index (χ0) is 21.5. The van der Waals surface area contributed by atoms with Crippen LogP contribution in [-0.4, -0.2) is 46.4 Å². The largest absolute Gasteiger partial charge is 0.473 e. The van der Waals surface area contributed by atoms with Crippen molar-refractivity contribution in [1.29, 1.82) is 5.41 Å². The van der Waals surface area contributed by atoms with Crippen LogP contribution >= 0.6 is 0 Å². The lowest BCUT2D eigenvalue weighted by atomic mass is 10.0. The van der Waals surface area contributed by atoms with Gasteiger partial charge in [0, 0.05) is 55.0 Å². The van der Waals surface area contributed by atoms with Crippen LogP contribution < -0.4 is 15.4 Å². The van der Waals surface area contributed by atoms with Gasteiger partial charge in [-0.05, 0) is 38.0 Å². The monoisotopic (exact) mass is 418 g/mol. The number of aromatic nitrogens is 3. The van der Waals surface area contributed by atoms with Crippen LogP contribution in [0.4, 0.5) is 5.69 Å². The third-order valence-corrected chi connectivity index (χ3v) is 6.20. The Morgan fingerprint density at radius 3 is 2.87 bits per heavy atom. The Bertz CT molecular complexity index is 1170. The van der Waals surface area contributed by atoms with Gasteiger partial charge in [0.15, 0.2) is 0 Å². The number of anilines is 1. The number of hydrogen-bond donors (Lipinski definition) is 3. The molecule has 1 saturated carbocycles. The Morgan fingerprint density at radius 2 is 2.19 bits per heavy atom. The van der Waals surface area contributed by atoms with E-state index in [9.17, 15) is 4.79 Å². The van der Waals surface area contributed by atoms with E-state index in [1.165, 1.54) is 6.21 Å². The number of benzene rings is 1. The number of amides is 1. The molecule has 2 unspecified atom stereocenters. The lowest BCUT2D eigenvalue weighted by Crippen LogP contribution is -2.26. The van der Waals surface area contributed by atoms with Crippen molar-refractivity contribution in [3.05, 3.63) is 36.2 Å². The molecule has 3 N–H and O–H groups in total. The van der Waals surface area contributed by atoms with E-state index in [0.29, 0.717) is 24.9 Å². The topological polar surface area (TPSA) is 105 Å². The van der Waals surface area contributed by atoms with Crippen molar-refractivity contribution in [3.63, 3.8) is 0 Å². The van der Waals surface area contributed by atoms with Crippen molar-refractivity contribution in [2.24, 2.45) is 5.92 Å². The van der Waals surface area contributed by atoms with Crippen molar-refractivity contribution in [3.8, 4) is 17.1 Å². The predicted octanol–water partition coefficient (Wildman–Crippen LogP) is 3.38. The molecule has 5 rings (SSSR count). The zero-order valence-corrected chi connectivity index (χ0v) is 17.7. The smallest absolute Gasteiger partial charge is 0.241 e. The maximum Gasteiger partial charge on any atom is 0.241 e. The van der Waals surface area contributed by atoms with E-state index in [1.54, 1.807) is 0 Å². The highest BCUT2D eigenvalue weighted by atomic mass is 16.5. The van der Waals surface area contributed by atoms with Crippen LogP contribution in [0.15, 0.2) is 30.6 Å². The van der Waals surface area contributed by atoms with Gasteiger partial charge in [0.1, 0.15) is 11.6 Å². The average Bonchev–Trinajstić information content (AvgIpc) is 3.38. The molecule has 3 heterocycles. The summed E-state index contributed by atoms with van der Waals surface area (Å²) in [5, 5.41) is 13.7. The molecular formula is C23H26N6O2. The second-order valence-electron chi connectivity index (χ2n) is 8.35. The fourth-order valence-corrected chi connectivity index (χ4v) is 4.19. The van der Waals surface area contributed by atoms with E-state index in [2.05, 4.69) is 20.2 Å². The van der Waals surface area contributed by atoms with Crippen molar-refractivity contribution in [2.75, 3.05) is 18.9 Å². The number of nitrogens with one attached hydrogen (secondary N) is 3. The molecule has 8 nitrogen and oxygen atoms in total. The standard InChI is InChI=1S/C23H26N6O2/c1-13(16-8-21(30)26-11-16)31-23-22-20(27-12-29(22)17-4-5-17)9-19(28-23)14-3-6-18(25-2)15(7-14)10-24/h3,6-7,9-10,12-13,16-17,24-25H,4-5,8,11H2,1-2H3,(H,26,30). The molecule has 3 aromatic rings. The fourth-order valence-electron chi connectivity index (χ4n) is 4.19. The minimum Gasteiger partial charge on any atom is -0.473 e. The maximum atomic E-state index is 11.7. The van der Waals surface area contributed by atoms with Crippen LogP contribution in [0.1, 0.15) is 37.8 Å². The van der Waals surface area contributed by atoms with Gasteiger partial charge in [0.05, 0.1) is 17.5 Å². The van der Waals surface area contributed by atoms with Crippen LogP contribution in [0, 0.1) is 11.3 Å². The van der Waals surface area contributed by atoms with Gasteiger partial charge in [0.25, 0.3) is 0 Å². The molecule has 0 bridgehead atoms. The van der Waals surface area contributed by atoms with Crippen LogP contribution in [0.25, 0.3) is 22.3 Å². The number of nitrogens with zero attached hydrogens (tertiary/aromatic N) is 3. The summed E-state index contributed by atoms with van der Waals surface area (Å²) in [5.74, 6) is 0.738. The van der Waals surface area contributed by atoms with E-state index in [4.69, 9.17) is 15.1 Å². The average molecular weight is 419 g/mol. The van der Waals surface area contributed by atoms with Gasteiger partial charge in [0.2, 0.25) is 11.8 Å². The molecule has 0 spiro atoms. The number of carbonyl (C=O) groups is 1. The molecule has 2 aliphatic rings. The molecule has 0 radical (unpaired) electrons. The summed E-state index contributed by atoms with van der Waals surface area (Å²) in [4.78, 5) is 21.2. The molecular weight excluding hydrogens is 392 g/mol.